The predicted molar refractivity (Wildman–Crippen MR) is 102 cm³/mol. The molecule has 136 valence electrons. The standard InChI is InChI=1S/C20H25N5O/c1-12(2)9-17(19-21-11-22-25(19)5)24-20(26)16-10-14(4)23-18-13(3)7-6-8-15(16)18/h6-8,10-12,17H,9H2,1-5H3,(H,24,26). The van der Waals surface area contributed by atoms with Crippen molar-refractivity contribution >= 4 is 16.8 Å². The number of carbonyl (C=O) groups excluding carboxylic acids is 1. The Kier molecular flexibility index (Phi) is 5.02. The SMILES string of the molecule is Cc1cc(C(=O)NC(CC(C)C)c2ncnn2C)c2cccc(C)c2n1. The summed E-state index contributed by atoms with van der Waals surface area (Å²) in [5, 5.41) is 8.17. The molecule has 0 radical (unpaired) electrons. The summed E-state index contributed by atoms with van der Waals surface area (Å²) < 4.78 is 1.72. The quantitative estimate of drug-likeness (QED) is 0.763. The van der Waals surface area contributed by atoms with Crippen LogP contribution in [0, 0.1) is 19.8 Å². The molecular formula is C20H25N5O. The van der Waals surface area contributed by atoms with Gasteiger partial charge in [-0.05, 0) is 37.8 Å². The van der Waals surface area contributed by atoms with Crippen molar-refractivity contribution < 1.29 is 4.79 Å². The molecule has 0 bridgehead atoms. The van der Waals surface area contributed by atoms with Crippen LogP contribution in [0.5, 0.6) is 0 Å². The average molecular weight is 351 g/mol. The second-order valence-corrected chi connectivity index (χ2v) is 7.18. The summed E-state index contributed by atoms with van der Waals surface area (Å²) in [5.41, 5.74) is 3.41. The van der Waals surface area contributed by atoms with Crippen LogP contribution in [0.15, 0.2) is 30.6 Å². The summed E-state index contributed by atoms with van der Waals surface area (Å²) in [6, 6.07) is 7.57. The van der Waals surface area contributed by atoms with Crippen LogP contribution >= 0.6 is 0 Å². The molecule has 3 aromatic rings. The minimum absolute atomic E-state index is 0.111. The van der Waals surface area contributed by atoms with E-state index in [1.165, 1.54) is 6.33 Å². The highest BCUT2D eigenvalue weighted by Gasteiger charge is 2.22. The Balaban J connectivity index is 1.99. The normalized spacial score (nSPS) is 12.5. The van der Waals surface area contributed by atoms with Crippen molar-refractivity contribution in [2.45, 2.75) is 40.2 Å². The monoisotopic (exact) mass is 351 g/mol. The number of rotatable bonds is 5. The van der Waals surface area contributed by atoms with Gasteiger partial charge < -0.3 is 5.32 Å². The number of hydrogen-bond donors (Lipinski definition) is 1. The van der Waals surface area contributed by atoms with Crippen molar-refractivity contribution in [3.8, 4) is 0 Å². The first-order valence-corrected chi connectivity index (χ1v) is 8.88. The van der Waals surface area contributed by atoms with E-state index in [0.717, 1.165) is 34.4 Å². The third-order valence-corrected chi connectivity index (χ3v) is 4.48. The van der Waals surface area contributed by atoms with E-state index in [9.17, 15) is 4.79 Å². The van der Waals surface area contributed by atoms with Crippen molar-refractivity contribution in [2.75, 3.05) is 0 Å². The van der Waals surface area contributed by atoms with Crippen LogP contribution in [-0.4, -0.2) is 25.7 Å². The molecule has 3 rings (SSSR count). The molecule has 6 nitrogen and oxygen atoms in total. The lowest BCUT2D eigenvalue weighted by Gasteiger charge is -2.20. The van der Waals surface area contributed by atoms with Gasteiger partial charge in [-0.1, -0.05) is 32.0 Å². The van der Waals surface area contributed by atoms with Crippen molar-refractivity contribution in [3.05, 3.63) is 53.2 Å². The van der Waals surface area contributed by atoms with E-state index in [4.69, 9.17) is 0 Å². The summed E-state index contributed by atoms with van der Waals surface area (Å²) >= 11 is 0. The highest BCUT2D eigenvalue weighted by Crippen LogP contribution is 2.24. The number of pyridine rings is 1. The van der Waals surface area contributed by atoms with Crippen LogP contribution in [0.25, 0.3) is 10.9 Å². The number of hydrogen-bond acceptors (Lipinski definition) is 4. The summed E-state index contributed by atoms with van der Waals surface area (Å²) in [6.45, 7) is 8.18. The fraction of sp³-hybridized carbons (Fsp3) is 0.400. The number of carbonyl (C=O) groups is 1. The highest BCUT2D eigenvalue weighted by atomic mass is 16.1. The Labute approximate surface area is 153 Å². The third-order valence-electron chi connectivity index (χ3n) is 4.48. The molecule has 0 aliphatic carbocycles. The molecule has 26 heavy (non-hydrogen) atoms. The van der Waals surface area contributed by atoms with Gasteiger partial charge in [0.2, 0.25) is 0 Å². The summed E-state index contributed by atoms with van der Waals surface area (Å²) in [6.07, 6.45) is 2.31. The van der Waals surface area contributed by atoms with Gasteiger partial charge in [-0.3, -0.25) is 14.5 Å². The minimum Gasteiger partial charge on any atom is -0.342 e. The maximum Gasteiger partial charge on any atom is 0.252 e. The number of aromatic nitrogens is 4. The lowest BCUT2D eigenvalue weighted by Crippen LogP contribution is -2.31. The average Bonchev–Trinajstić information content (AvgIpc) is 3.00. The van der Waals surface area contributed by atoms with Gasteiger partial charge in [-0.25, -0.2) is 4.98 Å². The predicted octanol–water partition coefficient (Wildman–Crippen LogP) is 3.50. The fourth-order valence-corrected chi connectivity index (χ4v) is 3.26. The molecule has 1 atom stereocenters. The number of nitrogens with one attached hydrogen (secondary N) is 1. The molecule has 0 saturated carbocycles. The highest BCUT2D eigenvalue weighted by molar-refractivity contribution is 6.06. The summed E-state index contributed by atoms with van der Waals surface area (Å²) in [7, 11) is 1.84. The second kappa shape index (κ2) is 7.23. The first-order valence-electron chi connectivity index (χ1n) is 8.88. The van der Waals surface area contributed by atoms with E-state index >= 15 is 0 Å². The van der Waals surface area contributed by atoms with Crippen LogP contribution in [0.1, 0.15) is 53.7 Å². The Morgan fingerprint density at radius 1 is 1.27 bits per heavy atom. The largest absolute Gasteiger partial charge is 0.342 e. The Hall–Kier alpha value is -2.76. The smallest absolute Gasteiger partial charge is 0.252 e. The number of para-hydroxylation sites is 1. The number of amides is 1. The molecule has 2 aromatic heterocycles. The number of benzene rings is 1. The molecular weight excluding hydrogens is 326 g/mol. The van der Waals surface area contributed by atoms with Gasteiger partial charge in [0, 0.05) is 18.1 Å². The van der Waals surface area contributed by atoms with Crippen molar-refractivity contribution in [1.29, 1.82) is 0 Å². The van der Waals surface area contributed by atoms with Gasteiger partial charge in [-0.15, -0.1) is 0 Å². The van der Waals surface area contributed by atoms with Crippen LogP contribution in [0.3, 0.4) is 0 Å². The van der Waals surface area contributed by atoms with E-state index in [2.05, 4.69) is 34.2 Å². The van der Waals surface area contributed by atoms with E-state index in [0.29, 0.717) is 11.5 Å². The van der Waals surface area contributed by atoms with Gasteiger partial charge in [0.05, 0.1) is 17.1 Å². The van der Waals surface area contributed by atoms with Crippen molar-refractivity contribution in [1.82, 2.24) is 25.1 Å². The lowest BCUT2D eigenvalue weighted by molar-refractivity contribution is 0.0930. The number of aryl methyl sites for hydroxylation is 3. The molecule has 0 aliphatic rings. The maximum absolute atomic E-state index is 13.1. The zero-order chi connectivity index (χ0) is 18.8. The topological polar surface area (TPSA) is 72.7 Å². The first-order chi connectivity index (χ1) is 12.4. The molecule has 0 aliphatic heterocycles. The maximum atomic E-state index is 13.1. The zero-order valence-electron chi connectivity index (χ0n) is 15.9. The molecule has 1 unspecified atom stereocenters. The molecule has 0 fully saturated rings. The van der Waals surface area contributed by atoms with Gasteiger partial charge in [-0.2, -0.15) is 5.10 Å². The van der Waals surface area contributed by atoms with Crippen LogP contribution in [0.2, 0.25) is 0 Å². The molecule has 1 aromatic carbocycles. The number of nitrogens with zero attached hydrogens (tertiary/aromatic N) is 4. The van der Waals surface area contributed by atoms with Gasteiger partial charge >= 0.3 is 0 Å². The Morgan fingerprint density at radius 3 is 2.69 bits per heavy atom. The van der Waals surface area contributed by atoms with Gasteiger partial charge in [0.1, 0.15) is 12.2 Å². The van der Waals surface area contributed by atoms with Crippen LogP contribution in [0.4, 0.5) is 0 Å². The molecule has 1 N–H and O–H groups in total. The van der Waals surface area contributed by atoms with E-state index in [1.807, 2.05) is 45.2 Å². The van der Waals surface area contributed by atoms with Crippen molar-refractivity contribution in [2.24, 2.45) is 13.0 Å². The minimum atomic E-state index is -0.191. The molecule has 6 heteroatoms. The Morgan fingerprint density at radius 2 is 2.04 bits per heavy atom. The van der Waals surface area contributed by atoms with Gasteiger partial charge in [0.15, 0.2) is 0 Å². The summed E-state index contributed by atoms with van der Waals surface area (Å²) in [5.74, 6) is 1.06. The van der Waals surface area contributed by atoms with Gasteiger partial charge in [0.25, 0.3) is 5.91 Å². The molecule has 2 heterocycles. The van der Waals surface area contributed by atoms with Crippen LogP contribution < -0.4 is 5.32 Å². The van der Waals surface area contributed by atoms with Crippen LogP contribution in [-0.2, 0) is 7.05 Å². The Bertz CT molecular complexity index is 945. The van der Waals surface area contributed by atoms with E-state index < -0.39 is 0 Å². The lowest BCUT2D eigenvalue weighted by atomic mass is 10.0. The van der Waals surface area contributed by atoms with E-state index in [1.54, 1.807) is 4.68 Å². The zero-order valence-corrected chi connectivity index (χ0v) is 15.9. The molecule has 0 saturated heterocycles. The summed E-state index contributed by atoms with van der Waals surface area (Å²) in [4.78, 5) is 22.1. The fourth-order valence-electron chi connectivity index (χ4n) is 3.26. The van der Waals surface area contributed by atoms with E-state index in [-0.39, 0.29) is 11.9 Å². The molecule has 0 spiro atoms. The first kappa shape index (κ1) is 18.0. The third kappa shape index (κ3) is 3.59. The number of fused-ring (bicyclic) bond motifs is 1. The second-order valence-electron chi connectivity index (χ2n) is 7.18. The molecule has 1 amide bonds. The van der Waals surface area contributed by atoms with Crippen molar-refractivity contribution in [3.63, 3.8) is 0 Å².